The van der Waals surface area contributed by atoms with E-state index in [9.17, 15) is 18.0 Å². The van der Waals surface area contributed by atoms with Gasteiger partial charge < -0.3 is 14.4 Å². The Labute approximate surface area is 161 Å². The summed E-state index contributed by atoms with van der Waals surface area (Å²) in [5, 5.41) is 4.70. The van der Waals surface area contributed by atoms with Crippen LogP contribution in [0, 0.1) is 0 Å². The third-order valence-corrected chi connectivity index (χ3v) is 5.34. The van der Waals surface area contributed by atoms with Crippen molar-refractivity contribution in [1.82, 2.24) is 4.90 Å². The molecule has 0 aliphatic carbocycles. The second kappa shape index (κ2) is 8.10. The van der Waals surface area contributed by atoms with Crippen molar-refractivity contribution >= 4 is 45.1 Å². The summed E-state index contributed by atoms with van der Waals surface area (Å²) in [6, 6.07) is 2.00. The van der Waals surface area contributed by atoms with Gasteiger partial charge >= 0.3 is 5.97 Å². The van der Waals surface area contributed by atoms with Crippen LogP contribution in [0.3, 0.4) is 0 Å². The van der Waals surface area contributed by atoms with Gasteiger partial charge in [-0.1, -0.05) is 23.2 Å². The number of ether oxygens (including phenoxy) is 2. The number of nitrogens with zero attached hydrogens (tertiary/aromatic N) is 1. The molecule has 2 N–H and O–H groups in total. The van der Waals surface area contributed by atoms with Crippen LogP contribution in [0.25, 0.3) is 0 Å². The summed E-state index contributed by atoms with van der Waals surface area (Å²) < 4.78 is 33.5. The van der Waals surface area contributed by atoms with Crippen molar-refractivity contribution in [3.63, 3.8) is 0 Å². The molecule has 0 saturated carbocycles. The lowest BCUT2D eigenvalue weighted by molar-refractivity contribution is -0.146. The first-order chi connectivity index (χ1) is 12.0. The summed E-state index contributed by atoms with van der Waals surface area (Å²) in [6.07, 6.45) is -0.247. The van der Waals surface area contributed by atoms with Crippen molar-refractivity contribution in [2.24, 2.45) is 5.14 Å². The Morgan fingerprint density at radius 2 is 1.81 bits per heavy atom. The molecule has 0 spiro atoms. The van der Waals surface area contributed by atoms with Gasteiger partial charge in [0.05, 0.1) is 27.8 Å². The predicted molar refractivity (Wildman–Crippen MR) is 94.7 cm³/mol. The van der Waals surface area contributed by atoms with Crippen molar-refractivity contribution < 1.29 is 27.5 Å². The zero-order valence-corrected chi connectivity index (χ0v) is 16.4. The van der Waals surface area contributed by atoms with Crippen LogP contribution in [-0.4, -0.2) is 57.1 Å². The van der Waals surface area contributed by atoms with Crippen molar-refractivity contribution in [2.75, 3.05) is 19.7 Å². The third kappa shape index (κ3) is 5.08. The van der Waals surface area contributed by atoms with Gasteiger partial charge in [-0.15, -0.1) is 0 Å². The molecule has 1 fully saturated rings. The number of benzene rings is 1. The van der Waals surface area contributed by atoms with Gasteiger partial charge in [0.25, 0.3) is 5.91 Å². The van der Waals surface area contributed by atoms with Gasteiger partial charge in [-0.05, 0) is 26.0 Å². The molecule has 2 atom stereocenters. The molecule has 8 nitrogen and oxygen atoms in total. The highest BCUT2D eigenvalue weighted by molar-refractivity contribution is 7.89. The number of carbonyl (C=O) groups is 2. The van der Waals surface area contributed by atoms with Crippen LogP contribution in [-0.2, 0) is 24.3 Å². The summed E-state index contributed by atoms with van der Waals surface area (Å²) in [4.78, 5) is 25.5. The smallest absolute Gasteiger partial charge is 0.340 e. The Morgan fingerprint density at radius 1 is 1.23 bits per heavy atom. The molecule has 0 radical (unpaired) electrons. The second-order valence-electron chi connectivity index (χ2n) is 5.94. The Morgan fingerprint density at radius 3 is 2.35 bits per heavy atom. The number of amides is 1. The fraction of sp³-hybridized carbons (Fsp3) is 0.467. The van der Waals surface area contributed by atoms with Crippen LogP contribution in [0.4, 0.5) is 0 Å². The number of primary sulfonamides is 1. The molecule has 1 aliphatic rings. The molecular weight excluding hydrogens is 407 g/mol. The predicted octanol–water partition coefficient (Wildman–Crippen LogP) is 1.43. The molecule has 1 aliphatic heterocycles. The van der Waals surface area contributed by atoms with E-state index >= 15 is 0 Å². The highest BCUT2D eigenvalue weighted by atomic mass is 35.5. The van der Waals surface area contributed by atoms with E-state index in [1.807, 2.05) is 13.8 Å². The maximum absolute atomic E-state index is 12.2. The van der Waals surface area contributed by atoms with Crippen molar-refractivity contribution in [3.05, 3.63) is 27.7 Å². The maximum atomic E-state index is 12.2. The largest absolute Gasteiger partial charge is 0.452 e. The number of hydrogen-bond acceptors (Lipinski definition) is 6. The van der Waals surface area contributed by atoms with Gasteiger partial charge in [0.15, 0.2) is 6.61 Å². The number of hydrogen-bond donors (Lipinski definition) is 1. The van der Waals surface area contributed by atoms with E-state index in [1.54, 1.807) is 0 Å². The van der Waals surface area contributed by atoms with Gasteiger partial charge in [0.1, 0.15) is 4.90 Å². The molecule has 1 heterocycles. The first-order valence-corrected chi connectivity index (χ1v) is 9.91. The quantitative estimate of drug-likeness (QED) is 0.730. The second-order valence-corrected chi connectivity index (χ2v) is 8.28. The lowest BCUT2D eigenvalue weighted by Crippen LogP contribution is -2.49. The normalized spacial score (nSPS) is 20.7. The number of carbonyl (C=O) groups excluding carboxylic acids is 2. The standard InChI is InChI=1S/C15H18Cl2N2O6S/c1-8-5-19(6-9(2)25-8)14(20)7-24-15(21)10-3-13(26(18,22)23)12(17)4-11(10)16/h3-4,8-9H,5-7H2,1-2H3,(H2,18,22,23)/t8-,9-/m1/s1. The molecular formula is C15H18Cl2N2O6S. The molecule has 1 aromatic rings. The summed E-state index contributed by atoms with van der Waals surface area (Å²) in [7, 11) is -4.15. The highest BCUT2D eigenvalue weighted by Crippen LogP contribution is 2.28. The molecule has 1 aromatic carbocycles. The topological polar surface area (TPSA) is 116 Å². The molecule has 1 amide bonds. The van der Waals surface area contributed by atoms with E-state index < -0.39 is 33.4 Å². The van der Waals surface area contributed by atoms with Gasteiger partial charge in [0, 0.05) is 13.1 Å². The van der Waals surface area contributed by atoms with E-state index in [1.165, 1.54) is 4.90 Å². The van der Waals surface area contributed by atoms with Gasteiger partial charge in [-0.3, -0.25) is 4.79 Å². The molecule has 1 saturated heterocycles. The van der Waals surface area contributed by atoms with Crippen molar-refractivity contribution in [2.45, 2.75) is 31.0 Å². The molecule has 0 bridgehead atoms. The molecule has 0 unspecified atom stereocenters. The Balaban J connectivity index is 2.09. The van der Waals surface area contributed by atoms with E-state index in [2.05, 4.69) is 0 Å². The lowest BCUT2D eigenvalue weighted by Gasteiger charge is -2.35. The SMILES string of the molecule is C[C@@H]1CN(C(=O)COC(=O)c2cc(S(N)(=O)=O)c(Cl)cc2Cl)C[C@@H](C)O1. The number of nitrogens with two attached hydrogens (primary N) is 1. The van der Waals surface area contributed by atoms with Crippen molar-refractivity contribution in [1.29, 1.82) is 0 Å². The summed E-state index contributed by atoms with van der Waals surface area (Å²) in [5.74, 6) is -1.35. The number of sulfonamides is 1. The molecule has 11 heteroatoms. The van der Waals surface area contributed by atoms with Crippen molar-refractivity contribution in [3.8, 4) is 0 Å². The number of rotatable bonds is 4. The highest BCUT2D eigenvalue weighted by Gasteiger charge is 2.27. The van der Waals surface area contributed by atoms with E-state index in [4.69, 9.17) is 37.8 Å². The van der Waals surface area contributed by atoms with E-state index in [0.717, 1.165) is 12.1 Å². The van der Waals surface area contributed by atoms with E-state index in [0.29, 0.717) is 13.1 Å². The zero-order valence-electron chi connectivity index (χ0n) is 14.1. The van der Waals surface area contributed by atoms with Crippen LogP contribution >= 0.6 is 23.2 Å². The summed E-state index contributed by atoms with van der Waals surface area (Å²) >= 11 is 11.7. The minimum absolute atomic E-state index is 0.117. The number of morpholine rings is 1. The van der Waals surface area contributed by atoms with Gasteiger partial charge in [-0.25, -0.2) is 18.4 Å². The van der Waals surface area contributed by atoms with Gasteiger partial charge in [-0.2, -0.15) is 0 Å². The minimum Gasteiger partial charge on any atom is -0.452 e. The number of halogens is 2. The van der Waals surface area contributed by atoms with Crippen LogP contribution < -0.4 is 5.14 Å². The molecule has 0 aromatic heterocycles. The summed E-state index contributed by atoms with van der Waals surface area (Å²) in [5.41, 5.74) is -0.253. The number of esters is 1. The zero-order chi connectivity index (χ0) is 19.6. The first kappa shape index (κ1) is 20.9. The summed E-state index contributed by atoms with van der Waals surface area (Å²) in [6.45, 7) is 3.94. The Kier molecular flexibility index (Phi) is 6.51. The molecule has 26 heavy (non-hydrogen) atoms. The Hall–Kier alpha value is -1.39. The van der Waals surface area contributed by atoms with Crippen LogP contribution in [0.2, 0.25) is 10.0 Å². The first-order valence-electron chi connectivity index (χ1n) is 7.61. The fourth-order valence-corrected chi connectivity index (χ4v) is 3.98. The van der Waals surface area contributed by atoms with Gasteiger partial charge in [0.2, 0.25) is 10.0 Å². The fourth-order valence-electron chi connectivity index (χ4n) is 2.58. The monoisotopic (exact) mass is 424 g/mol. The molecule has 144 valence electrons. The minimum atomic E-state index is -4.15. The third-order valence-electron chi connectivity index (χ3n) is 3.65. The maximum Gasteiger partial charge on any atom is 0.340 e. The van der Waals surface area contributed by atoms with Crippen LogP contribution in [0.1, 0.15) is 24.2 Å². The average Bonchev–Trinajstić information content (AvgIpc) is 2.50. The lowest BCUT2D eigenvalue weighted by atomic mass is 10.2. The van der Waals surface area contributed by atoms with E-state index in [-0.39, 0.29) is 27.8 Å². The molecule has 2 rings (SSSR count). The van der Waals surface area contributed by atoms with Crippen LogP contribution in [0.15, 0.2) is 17.0 Å². The Bertz CT molecular complexity index is 820. The average molecular weight is 425 g/mol. The van der Waals surface area contributed by atoms with Crippen LogP contribution in [0.5, 0.6) is 0 Å².